The van der Waals surface area contributed by atoms with Gasteiger partial charge in [0.1, 0.15) is 11.5 Å². The Morgan fingerprint density at radius 3 is 2.86 bits per heavy atom. The Morgan fingerprint density at radius 1 is 1.32 bits per heavy atom. The van der Waals surface area contributed by atoms with Crippen LogP contribution in [0.1, 0.15) is 17.1 Å². The predicted molar refractivity (Wildman–Crippen MR) is 89.9 cm³/mol. The van der Waals surface area contributed by atoms with Gasteiger partial charge < -0.3 is 4.42 Å². The van der Waals surface area contributed by atoms with Crippen molar-refractivity contribution < 1.29 is 4.42 Å². The van der Waals surface area contributed by atoms with E-state index in [1.807, 2.05) is 37.3 Å². The highest BCUT2D eigenvalue weighted by Gasteiger charge is 2.06. The largest absolute Gasteiger partial charge is 0.460 e. The third-order valence-corrected chi connectivity index (χ3v) is 4.16. The number of nitrogens with one attached hydrogen (secondary N) is 1. The summed E-state index contributed by atoms with van der Waals surface area (Å²) in [7, 11) is 0. The standard InChI is InChI=1S/C15H14N4OS2/c1-11-7-8-13(20-11)9-16-19-14(21)17-18-15(19)22-10-12-5-3-2-4-6-12/h2-9H,10H2,1H3,(H,17,21)/b16-9-. The molecular weight excluding hydrogens is 316 g/mol. The van der Waals surface area contributed by atoms with Crippen molar-refractivity contribution in [1.82, 2.24) is 14.9 Å². The summed E-state index contributed by atoms with van der Waals surface area (Å²) in [6.45, 7) is 1.89. The van der Waals surface area contributed by atoms with Crippen molar-refractivity contribution >= 4 is 30.2 Å². The van der Waals surface area contributed by atoms with Gasteiger partial charge >= 0.3 is 0 Å². The molecule has 112 valence electrons. The summed E-state index contributed by atoms with van der Waals surface area (Å²) in [6.07, 6.45) is 1.63. The lowest BCUT2D eigenvalue weighted by atomic mass is 10.2. The molecule has 0 aliphatic rings. The Labute approximate surface area is 137 Å². The van der Waals surface area contributed by atoms with Crippen LogP contribution in [0.15, 0.2) is 57.1 Å². The Morgan fingerprint density at radius 2 is 2.14 bits per heavy atom. The predicted octanol–water partition coefficient (Wildman–Crippen LogP) is 4.02. The molecule has 0 saturated carbocycles. The molecule has 2 heterocycles. The van der Waals surface area contributed by atoms with Crippen LogP contribution in [0.25, 0.3) is 0 Å². The molecule has 22 heavy (non-hydrogen) atoms. The molecule has 0 atom stereocenters. The highest BCUT2D eigenvalue weighted by molar-refractivity contribution is 7.98. The van der Waals surface area contributed by atoms with Crippen LogP contribution in [-0.2, 0) is 5.75 Å². The molecule has 7 heteroatoms. The summed E-state index contributed by atoms with van der Waals surface area (Å²) in [5.74, 6) is 2.33. The lowest BCUT2D eigenvalue weighted by Crippen LogP contribution is -1.93. The number of H-pyrrole nitrogens is 1. The van der Waals surface area contributed by atoms with Crippen LogP contribution >= 0.6 is 24.0 Å². The monoisotopic (exact) mass is 330 g/mol. The topological polar surface area (TPSA) is 59.1 Å². The summed E-state index contributed by atoms with van der Waals surface area (Å²) >= 11 is 6.78. The zero-order chi connectivity index (χ0) is 15.4. The maximum absolute atomic E-state index is 5.46. The summed E-state index contributed by atoms with van der Waals surface area (Å²) in [5, 5.41) is 12.0. The number of aromatic nitrogens is 3. The van der Waals surface area contributed by atoms with E-state index in [2.05, 4.69) is 27.4 Å². The molecule has 0 bridgehead atoms. The van der Waals surface area contributed by atoms with Crippen molar-refractivity contribution in [3.8, 4) is 0 Å². The third kappa shape index (κ3) is 3.55. The maximum atomic E-state index is 5.46. The van der Waals surface area contributed by atoms with Gasteiger partial charge in [0.05, 0.1) is 6.21 Å². The van der Waals surface area contributed by atoms with Gasteiger partial charge in [0, 0.05) is 5.75 Å². The fourth-order valence-electron chi connectivity index (χ4n) is 1.83. The van der Waals surface area contributed by atoms with Gasteiger partial charge in [0.15, 0.2) is 0 Å². The third-order valence-electron chi connectivity index (χ3n) is 2.89. The van der Waals surface area contributed by atoms with Crippen molar-refractivity contribution in [2.75, 3.05) is 0 Å². The average molecular weight is 330 g/mol. The second-order valence-electron chi connectivity index (χ2n) is 4.59. The van der Waals surface area contributed by atoms with Gasteiger partial charge in [0.2, 0.25) is 9.93 Å². The minimum atomic E-state index is 0.454. The first-order valence-corrected chi connectivity index (χ1v) is 8.07. The maximum Gasteiger partial charge on any atom is 0.217 e. The number of furan rings is 1. The molecular formula is C15H14N4OS2. The molecule has 0 aliphatic carbocycles. The van der Waals surface area contributed by atoms with E-state index in [1.54, 1.807) is 22.7 Å². The highest BCUT2D eigenvalue weighted by atomic mass is 32.2. The Balaban J connectivity index is 1.76. The smallest absolute Gasteiger partial charge is 0.217 e. The molecule has 0 saturated heterocycles. The zero-order valence-electron chi connectivity index (χ0n) is 11.9. The van der Waals surface area contributed by atoms with Gasteiger partial charge in [-0.2, -0.15) is 9.78 Å². The van der Waals surface area contributed by atoms with E-state index in [0.717, 1.165) is 11.5 Å². The molecule has 2 aromatic heterocycles. The summed E-state index contributed by atoms with van der Waals surface area (Å²) < 4.78 is 7.51. The van der Waals surface area contributed by atoms with E-state index < -0.39 is 0 Å². The summed E-state index contributed by atoms with van der Waals surface area (Å²) in [6, 6.07) is 13.9. The Bertz CT molecular complexity index is 833. The minimum absolute atomic E-state index is 0.454. The molecule has 0 unspecified atom stereocenters. The number of hydrogen-bond acceptors (Lipinski definition) is 5. The van der Waals surface area contributed by atoms with Crippen LogP contribution < -0.4 is 0 Å². The van der Waals surface area contributed by atoms with Crippen LogP contribution in [0.3, 0.4) is 0 Å². The molecule has 0 spiro atoms. The van der Waals surface area contributed by atoms with E-state index in [9.17, 15) is 0 Å². The number of nitrogens with zero attached hydrogens (tertiary/aromatic N) is 3. The second-order valence-corrected chi connectivity index (χ2v) is 5.92. The van der Waals surface area contributed by atoms with E-state index in [1.165, 1.54) is 5.56 Å². The van der Waals surface area contributed by atoms with E-state index >= 15 is 0 Å². The summed E-state index contributed by atoms with van der Waals surface area (Å²) in [4.78, 5) is 0. The normalized spacial score (nSPS) is 11.3. The molecule has 3 aromatic rings. The fourth-order valence-corrected chi connectivity index (χ4v) is 2.93. The number of hydrogen-bond donors (Lipinski definition) is 1. The number of benzene rings is 1. The quantitative estimate of drug-likeness (QED) is 0.436. The van der Waals surface area contributed by atoms with Crippen molar-refractivity contribution in [2.45, 2.75) is 17.8 Å². The van der Waals surface area contributed by atoms with Gasteiger partial charge in [-0.1, -0.05) is 42.1 Å². The van der Waals surface area contributed by atoms with Gasteiger partial charge in [-0.05, 0) is 36.8 Å². The fraction of sp³-hybridized carbons (Fsp3) is 0.133. The molecule has 0 amide bonds. The molecule has 3 rings (SSSR count). The van der Waals surface area contributed by atoms with Gasteiger partial charge in [-0.3, -0.25) is 0 Å². The van der Waals surface area contributed by atoms with E-state index in [0.29, 0.717) is 15.7 Å². The van der Waals surface area contributed by atoms with Crippen LogP contribution in [-0.4, -0.2) is 21.1 Å². The average Bonchev–Trinajstić information content (AvgIpc) is 3.10. The van der Waals surface area contributed by atoms with Crippen LogP contribution in [0.2, 0.25) is 0 Å². The van der Waals surface area contributed by atoms with E-state index in [-0.39, 0.29) is 0 Å². The first-order valence-electron chi connectivity index (χ1n) is 6.67. The molecule has 0 aliphatic heterocycles. The molecule has 0 radical (unpaired) electrons. The van der Waals surface area contributed by atoms with Gasteiger partial charge in [0.25, 0.3) is 0 Å². The van der Waals surface area contributed by atoms with E-state index in [4.69, 9.17) is 16.6 Å². The number of thioether (sulfide) groups is 1. The Kier molecular flexibility index (Phi) is 4.55. The molecule has 1 aromatic carbocycles. The number of aromatic amines is 1. The lowest BCUT2D eigenvalue weighted by Gasteiger charge is -2.00. The van der Waals surface area contributed by atoms with Crippen molar-refractivity contribution in [2.24, 2.45) is 5.10 Å². The van der Waals surface area contributed by atoms with Crippen molar-refractivity contribution in [3.63, 3.8) is 0 Å². The summed E-state index contributed by atoms with van der Waals surface area (Å²) in [5.41, 5.74) is 1.22. The second kappa shape index (κ2) is 6.76. The van der Waals surface area contributed by atoms with Crippen molar-refractivity contribution in [1.29, 1.82) is 0 Å². The first-order chi connectivity index (χ1) is 10.7. The van der Waals surface area contributed by atoms with Gasteiger partial charge in [-0.15, -0.1) is 5.10 Å². The van der Waals surface area contributed by atoms with Crippen LogP contribution in [0.4, 0.5) is 0 Å². The lowest BCUT2D eigenvalue weighted by molar-refractivity contribution is 0.527. The first kappa shape index (κ1) is 14.8. The van der Waals surface area contributed by atoms with Crippen LogP contribution in [0.5, 0.6) is 0 Å². The highest BCUT2D eigenvalue weighted by Crippen LogP contribution is 2.20. The zero-order valence-corrected chi connectivity index (χ0v) is 13.5. The SMILES string of the molecule is Cc1ccc(/C=N\n2c(SCc3ccccc3)n[nH]c2=S)o1. The Hall–Kier alpha value is -2.12. The molecule has 0 fully saturated rings. The van der Waals surface area contributed by atoms with Gasteiger partial charge in [-0.25, -0.2) is 5.10 Å². The molecule has 1 N–H and O–H groups in total. The number of rotatable bonds is 5. The minimum Gasteiger partial charge on any atom is -0.460 e. The van der Waals surface area contributed by atoms with Crippen molar-refractivity contribution in [3.05, 3.63) is 64.3 Å². The number of aryl methyl sites for hydroxylation is 1. The molecule has 5 nitrogen and oxygen atoms in total. The van der Waals surface area contributed by atoms with Crippen LogP contribution in [0, 0.1) is 11.7 Å².